The van der Waals surface area contributed by atoms with E-state index < -0.39 is 38.8 Å². The van der Waals surface area contributed by atoms with E-state index in [2.05, 4.69) is 0 Å². The van der Waals surface area contributed by atoms with Crippen LogP contribution in [0.5, 0.6) is 0 Å². The SMILES string of the molecule is CCCCCOC(=O)[C@@H]1[C@@H](C(O)S(=O)(=O)O)C1(C)C. The second-order valence-electron chi connectivity index (χ2n) is 5.60. The molecule has 0 heterocycles. The fourth-order valence-corrected chi connectivity index (χ4v) is 3.34. The van der Waals surface area contributed by atoms with Crippen LogP contribution in [0.3, 0.4) is 0 Å². The van der Waals surface area contributed by atoms with Crippen molar-refractivity contribution in [2.75, 3.05) is 6.61 Å². The van der Waals surface area contributed by atoms with Crippen LogP contribution >= 0.6 is 0 Å². The molecule has 3 atom stereocenters. The summed E-state index contributed by atoms with van der Waals surface area (Å²) in [5.74, 6) is -2.01. The number of hydrogen-bond donors (Lipinski definition) is 2. The van der Waals surface area contributed by atoms with E-state index in [4.69, 9.17) is 9.29 Å². The Hall–Kier alpha value is -0.660. The quantitative estimate of drug-likeness (QED) is 0.415. The zero-order chi connectivity index (χ0) is 14.8. The molecule has 0 aromatic heterocycles. The monoisotopic (exact) mass is 294 g/mol. The van der Waals surface area contributed by atoms with Gasteiger partial charge in [-0.05, 0) is 11.8 Å². The van der Waals surface area contributed by atoms with Crippen molar-refractivity contribution in [3.05, 3.63) is 0 Å². The molecule has 0 saturated heterocycles. The van der Waals surface area contributed by atoms with Gasteiger partial charge in [-0.25, -0.2) is 0 Å². The van der Waals surface area contributed by atoms with Crippen molar-refractivity contribution in [3.8, 4) is 0 Å². The minimum absolute atomic E-state index is 0.300. The van der Waals surface area contributed by atoms with Gasteiger partial charge in [-0.1, -0.05) is 33.6 Å². The number of carbonyl (C=O) groups is 1. The standard InChI is InChI=1S/C12H22O6S/c1-4-5-6-7-18-10(13)8-9(12(8,2)3)11(14)19(15,16)17/h8-9,11,14H,4-7H2,1-3H3,(H,15,16,17)/t8-,9-,11?/m0/s1. The summed E-state index contributed by atoms with van der Waals surface area (Å²) in [5.41, 5.74) is -2.62. The van der Waals surface area contributed by atoms with E-state index in [0.717, 1.165) is 19.3 Å². The lowest BCUT2D eigenvalue weighted by molar-refractivity contribution is -0.146. The smallest absolute Gasteiger partial charge is 0.309 e. The number of aliphatic hydroxyl groups excluding tert-OH is 1. The first-order chi connectivity index (χ1) is 8.64. The van der Waals surface area contributed by atoms with Gasteiger partial charge in [0.15, 0.2) is 5.44 Å². The molecule has 19 heavy (non-hydrogen) atoms. The van der Waals surface area contributed by atoms with Gasteiger partial charge in [-0.3, -0.25) is 9.35 Å². The van der Waals surface area contributed by atoms with Gasteiger partial charge in [0.05, 0.1) is 12.5 Å². The van der Waals surface area contributed by atoms with E-state index in [1.54, 1.807) is 13.8 Å². The maximum Gasteiger partial charge on any atom is 0.309 e. The Bertz CT molecular complexity index is 428. The number of hydrogen-bond acceptors (Lipinski definition) is 5. The molecule has 1 unspecified atom stereocenters. The van der Waals surface area contributed by atoms with Crippen LogP contribution in [-0.4, -0.2) is 36.1 Å². The summed E-state index contributed by atoms with van der Waals surface area (Å²) < 4.78 is 35.8. The zero-order valence-corrected chi connectivity index (χ0v) is 12.3. The van der Waals surface area contributed by atoms with Gasteiger partial charge in [0.2, 0.25) is 0 Å². The molecule has 1 aliphatic rings. The zero-order valence-electron chi connectivity index (χ0n) is 11.5. The Balaban J connectivity index is 2.58. The summed E-state index contributed by atoms with van der Waals surface area (Å²) in [6.07, 6.45) is 2.73. The van der Waals surface area contributed by atoms with Crippen molar-refractivity contribution in [1.29, 1.82) is 0 Å². The molecule has 0 spiro atoms. The molecular weight excluding hydrogens is 272 g/mol. The predicted molar refractivity (Wildman–Crippen MR) is 68.8 cm³/mol. The Labute approximate surface area is 113 Å². The Morgan fingerprint density at radius 2 is 1.95 bits per heavy atom. The number of carbonyl (C=O) groups excluding carboxylic acids is 1. The fraction of sp³-hybridized carbons (Fsp3) is 0.917. The van der Waals surface area contributed by atoms with E-state index >= 15 is 0 Å². The molecule has 6 nitrogen and oxygen atoms in total. The van der Waals surface area contributed by atoms with Gasteiger partial charge < -0.3 is 9.84 Å². The van der Waals surface area contributed by atoms with Crippen LogP contribution in [0, 0.1) is 17.3 Å². The second kappa shape index (κ2) is 5.76. The van der Waals surface area contributed by atoms with E-state index in [1.165, 1.54) is 0 Å². The minimum atomic E-state index is -4.56. The summed E-state index contributed by atoms with van der Waals surface area (Å²) in [5, 5.41) is 9.54. The summed E-state index contributed by atoms with van der Waals surface area (Å²) in [7, 11) is -4.56. The summed E-state index contributed by atoms with van der Waals surface area (Å²) in [6, 6.07) is 0. The third kappa shape index (κ3) is 3.67. The van der Waals surface area contributed by atoms with Crippen LogP contribution in [0.1, 0.15) is 40.0 Å². The molecule has 112 valence electrons. The molecule has 0 aliphatic heterocycles. The molecule has 1 saturated carbocycles. The topological polar surface area (TPSA) is 101 Å². The van der Waals surface area contributed by atoms with E-state index in [-0.39, 0.29) is 0 Å². The van der Waals surface area contributed by atoms with Crippen LogP contribution in [0.2, 0.25) is 0 Å². The Kier molecular flexibility index (Phi) is 4.97. The lowest BCUT2D eigenvalue weighted by Gasteiger charge is -2.07. The lowest BCUT2D eigenvalue weighted by Crippen LogP contribution is -2.25. The maximum absolute atomic E-state index is 11.8. The highest BCUT2D eigenvalue weighted by Gasteiger charge is 2.67. The van der Waals surface area contributed by atoms with Gasteiger partial charge in [-0.15, -0.1) is 0 Å². The first-order valence-corrected chi connectivity index (χ1v) is 7.95. The van der Waals surface area contributed by atoms with E-state index in [0.29, 0.717) is 6.61 Å². The van der Waals surface area contributed by atoms with Crippen molar-refractivity contribution in [2.24, 2.45) is 17.3 Å². The number of aliphatic hydroxyl groups is 1. The van der Waals surface area contributed by atoms with Crippen LogP contribution < -0.4 is 0 Å². The largest absolute Gasteiger partial charge is 0.465 e. The maximum atomic E-state index is 11.8. The van der Waals surface area contributed by atoms with E-state index in [9.17, 15) is 18.3 Å². The van der Waals surface area contributed by atoms with Crippen molar-refractivity contribution >= 4 is 16.1 Å². The Morgan fingerprint density at radius 3 is 2.42 bits per heavy atom. The molecule has 0 aromatic rings. The first kappa shape index (κ1) is 16.4. The molecule has 1 fully saturated rings. The van der Waals surface area contributed by atoms with Crippen molar-refractivity contribution in [2.45, 2.75) is 45.5 Å². The van der Waals surface area contributed by atoms with Crippen molar-refractivity contribution in [1.82, 2.24) is 0 Å². The van der Waals surface area contributed by atoms with Gasteiger partial charge in [0.25, 0.3) is 10.1 Å². The molecule has 1 aliphatic carbocycles. The molecule has 0 aromatic carbocycles. The minimum Gasteiger partial charge on any atom is -0.465 e. The highest BCUT2D eigenvalue weighted by Crippen LogP contribution is 2.61. The second-order valence-corrected chi connectivity index (χ2v) is 7.12. The van der Waals surface area contributed by atoms with Crippen LogP contribution in [0.25, 0.3) is 0 Å². The number of rotatable bonds is 7. The van der Waals surface area contributed by atoms with Crippen LogP contribution in [0.15, 0.2) is 0 Å². The number of unbranched alkanes of at least 4 members (excludes halogenated alkanes) is 2. The molecule has 0 amide bonds. The molecule has 0 bridgehead atoms. The normalized spacial score (nSPS) is 26.8. The molecule has 2 N–H and O–H groups in total. The van der Waals surface area contributed by atoms with E-state index in [1.807, 2.05) is 6.92 Å². The summed E-state index contributed by atoms with van der Waals surface area (Å²) in [6.45, 7) is 5.67. The first-order valence-electron chi connectivity index (χ1n) is 6.45. The van der Waals surface area contributed by atoms with Gasteiger partial charge in [0, 0.05) is 5.92 Å². The molecule has 0 radical (unpaired) electrons. The lowest BCUT2D eigenvalue weighted by atomic mass is 10.1. The third-order valence-corrected chi connectivity index (χ3v) is 4.67. The summed E-state index contributed by atoms with van der Waals surface area (Å²) in [4.78, 5) is 11.8. The average molecular weight is 294 g/mol. The van der Waals surface area contributed by atoms with Crippen LogP contribution in [0.4, 0.5) is 0 Å². The number of ether oxygens (including phenoxy) is 1. The summed E-state index contributed by atoms with van der Waals surface area (Å²) >= 11 is 0. The van der Waals surface area contributed by atoms with Crippen molar-refractivity contribution < 1.29 is 27.6 Å². The molecule has 7 heteroatoms. The highest BCUT2D eigenvalue weighted by atomic mass is 32.2. The van der Waals surface area contributed by atoms with Crippen molar-refractivity contribution in [3.63, 3.8) is 0 Å². The molecular formula is C12H22O6S. The van der Waals surface area contributed by atoms with Gasteiger partial charge in [0.1, 0.15) is 0 Å². The van der Waals surface area contributed by atoms with Crippen LogP contribution in [-0.2, 0) is 19.6 Å². The third-order valence-electron chi connectivity index (χ3n) is 3.77. The Morgan fingerprint density at radius 1 is 1.37 bits per heavy atom. The average Bonchev–Trinajstić information content (AvgIpc) is 2.85. The predicted octanol–water partition coefficient (Wildman–Crippen LogP) is 1.20. The highest BCUT2D eigenvalue weighted by molar-refractivity contribution is 7.86. The van der Waals surface area contributed by atoms with Gasteiger partial charge >= 0.3 is 5.97 Å². The fourth-order valence-electron chi connectivity index (χ4n) is 2.46. The van der Waals surface area contributed by atoms with Gasteiger partial charge in [-0.2, -0.15) is 8.42 Å². The molecule has 1 rings (SSSR count). The number of esters is 1.